The van der Waals surface area contributed by atoms with Crippen molar-refractivity contribution >= 4 is 22.4 Å². The maximum absolute atomic E-state index is 12.1. The third-order valence-corrected chi connectivity index (χ3v) is 3.56. The van der Waals surface area contributed by atoms with E-state index in [9.17, 15) is 4.79 Å². The molecule has 0 aliphatic rings. The Kier molecular flexibility index (Phi) is 3.57. The van der Waals surface area contributed by atoms with Gasteiger partial charge in [0.2, 0.25) is 0 Å². The Hall–Kier alpha value is -1.95. The molecule has 1 atom stereocenters. The van der Waals surface area contributed by atoms with Crippen molar-refractivity contribution in [2.75, 3.05) is 5.73 Å². The number of nitrogens with two attached hydrogens (primary N) is 1. The number of aryl methyl sites for hydroxylation is 1. The lowest BCUT2D eigenvalue weighted by molar-refractivity contribution is 0.0943. The Morgan fingerprint density at radius 2 is 2.11 bits per heavy atom. The molecule has 2 heterocycles. The minimum atomic E-state index is -0.147. The van der Waals surface area contributed by atoms with Gasteiger partial charge in [0.15, 0.2) is 5.13 Å². The van der Waals surface area contributed by atoms with Crippen LogP contribution in [-0.4, -0.2) is 15.9 Å². The van der Waals surface area contributed by atoms with E-state index in [1.807, 2.05) is 19.1 Å². The highest BCUT2D eigenvalue weighted by atomic mass is 32.1. The van der Waals surface area contributed by atoms with E-state index in [1.54, 1.807) is 19.3 Å². The van der Waals surface area contributed by atoms with Gasteiger partial charge >= 0.3 is 0 Å². The molecule has 0 aliphatic carbocycles. The zero-order valence-electron chi connectivity index (χ0n) is 10.2. The molecular weight excluding hydrogens is 248 g/mol. The van der Waals surface area contributed by atoms with Crippen LogP contribution in [0, 0.1) is 6.92 Å². The first-order valence-corrected chi connectivity index (χ1v) is 6.33. The quantitative estimate of drug-likeness (QED) is 0.885. The van der Waals surface area contributed by atoms with E-state index >= 15 is 0 Å². The fourth-order valence-corrected chi connectivity index (χ4v) is 2.36. The third kappa shape index (κ3) is 2.65. The summed E-state index contributed by atoms with van der Waals surface area (Å²) < 4.78 is 0. The van der Waals surface area contributed by atoms with Gasteiger partial charge in [0.25, 0.3) is 5.91 Å². The van der Waals surface area contributed by atoms with Crippen LogP contribution >= 0.6 is 11.3 Å². The molecule has 94 valence electrons. The first-order valence-electron chi connectivity index (χ1n) is 5.51. The average Bonchev–Trinajstić information content (AvgIpc) is 2.69. The highest BCUT2D eigenvalue weighted by molar-refractivity contribution is 7.17. The molecule has 0 aromatic carbocycles. The normalized spacial score (nSPS) is 12.1. The molecule has 0 fully saturated rings. The Morgan fingerprint density at radius 3 is 2.67 bits per heavy atom. The van der Waals surface area contributed by atoms with Crippen molar-refractivity contribution in [1.82, 2.24) is 15.3 Å². The molecule has 0 radical (unpaired) electrons. The van der Waals surface area contributed by atoms with Crippen LogP contribution in [0.25, 0.3) is 0 Å². The fourth-order valence-electron chi connectivity index (χ4n) is 1.63. The van der Waals surface area contributed by atoms with E-state index in [4.69, 9.17) is 5.73 Å². The molecule has 1 amide bonds. The number of hydrogen-bond acceptors (Lipinski definition) is 5. The topological polar surface area (TPSA) is 80.9 Å². The SMILES string of the molecule is Cc1nc(N)sc1C(=O)N[C@@H](C)c1ccncc1. The first-order chi connectivity index (χ1) is 8.58. The summed E-state index contributed by atoms with van der Waals surface area (Å²) in [5, 5.41) is 3.33. The summed E-state index contributed by atoms with van der Waals surface area (Å²) in [6, 6.07) is 3.67. The van der Waals surface area contributed by atoms with Crippen molar-refractivity contribution in [3.63, 3.8) is 0 Å². The minimum absolute atomic E-state index is 0.0803. The molecule has 5 nitrogen and oxygen atoms in total. The smallest absolute Gasteiger partial charge is 0.263 e. The van der Waals surface area contributed by atoms with Crippen LogP contribution in [0.5, 0.6) is 0 Å². The van der Waals surface area contributed by atoms with Gasteiger partial charge < -0.3 is 11.1 Å². The Balaban J connectivity index is 2.10. The number of rotatable bonds is 3. The number of amides is 1. The number of carbonyl (C=O) groups is 1. The van der Waals surface area contributed by atoms with E-state index in [1.165, 1.54) is 11.3 Å². The van der Waals surface area contributed by atoms with Crippen molar-refractivity contribution < 1.29 is 4.79 Å². The average molecular weight is 262 g/mol. The summed E-state index contributed by atoms with van der Waals surface area (Å²) in [6.07, 6.45) is 3.40. The number of nitrogen functional groups attached to an aromatic ring is 1. The van der Waals surface area contributed by atoms with Crippen molar-refractivity contribution in [1.29, 1.82) is 0 Å². The number of anilines is 1. The molecular formula is C12H14N4OS. The Labute approximate surface area is 109 Å². The summed E-state index contributed by atoms with van der Waals surface area (Å²) in [4.78, 5) is 20.6. The second-order valence-corrected chi connectivity index (χ2v) is 4.97. The zero-order chi connectivity index (χ0) is 13.1. The number of carbonyl (C=O) groups excluding carboxylic acids is 1. The predicted octanol–water partition coefficient (Wildman–Crippen LogP) is 1.92. The van der Waals surface area contributed by atoms with E-state index < -0.39 is 0 Å². The maximum atomic E-state index is 12.1. The number of thiazole rings is 1. The van der Waals surface area contributed by atoms with Gasteiger partial charge in [-0.25, -0.2) is 4.98 Å². The van der Waals surface area contributed by atoms with Crippen LogP contribution in [0.15, 0.2) is 24.5 Å². The molecule has 0 unspecified atom stereocenters. The molecule has 0 spiro atoms. The minimum Gasteiger partial charge on any atom is -0.375 e. The predicted molar refractivity (Wildman–Crippen MR) is 71.4 cm³/mol. The summed E-state index contributed by atoms with van der Waals surface area (Å²) in [5.41, 5.74) is 7.25. The van der Waals surface area contributed by atoms with Crippen LogP contribution < -0.4 is 11.1 Å². The molecule has 0 bridgehead atoms. The Bertz CT molecular complexity index is 552. The number of pyridine rings is 1. The number of aromatic nitrogens is 2. The highest BCUT2D eigenvalue weighted by Crippen LogP contribution is 2.20. The summed E-state index contributed by atoms with van der Waals surface area (Å²) in [7, 11) is 0. The molecule has 2 aromatic rings. The van der Waals surface area contributed by atoms with Crippen LogP contribution in [-0.2, 0) is 0 Å². The molecule has 2 rings (SSSR count). The monoisotopic (exact) mass is 262 g/mol. The third-order valence-electron chi connectivity index (χ3n) is 2.57. The summed E-state index contributed by atoms with van der Waals surface area (Å²) >= 11 is 1.20. The number of nitrogens with one attached hydrogen (secondary N) is 1. The molecule has 0 saturated carbocycles. The second-order valence-electron chi connectivity index (χ2n) is 3.94. The van der Waals surface area contributed by atoms with Gasteiger partial charge in [-0.15, -0.1) is 0 Å². The lowest BCUT2D eigenvalue weighted by Gasteiger charge is -2.13. The standard InChI is InChI=1S/C12H14N4OS/c1-7(9-3-5-14-6-4-9)15-11(17)10-8(2)16-12(13)18-10/h3-7H,1-2H3,(H2,13,16)(H,15,17)/t7-/m0/s1. The van der Waals surface area contributed by atoms with Crippen LogP contribution in [0.2, 0.25) is 0 Å². The molecule has 6 heteroatoms. The maximum Gasteiger partial charge on any atom is 0.263 e. The van der Waals surface area contributed by atoms with Gasteiger partial charge in [-0.1, -0.05) is 11.3 Å². The first kappa shape index (κ1) is 12.5. The molecule has 3 N–H and O–H groups in total. The lowest BCUT2D eigenvalue weighted by atomic mass is 10.1. The van der Waals surface area contributed by atoms with Gasteiger partial charge in [-0.2, -0.15) is 0 Å². The molecule has 2 aromatic heterocycles. The van der Waals surface area contributed by atoms with Crippen molar-refractivity contribution in [2.45, 2.75) is 19.9 Å². The summed E-state index contributed by atoms with van der Waals surface area (Å²) in [6.45, 7) is 3.70. The van der Waals surface area contributed by atoms with Gasteiger partial charge in [-0.05, 0) is 31.5 Å². The van der Waals surface area contributed by atoms with Crippen LogP contribution in [0.3, 0.4) is 0 Å². The van der Waals surface area contributed by atoms with Crippen LogP contribution in [0.4, 0.5) is 5.13 Å². The van der Waals surface area contributed by atoms with Gasteiger partial charge in [0.05, 0.1) is 11.7 Å². The molecule has 0 saturated heterocycles. The van der Waals surface area contributed by atoms with Gasteiger partial charge in [-0.3, -0.25) is 9.78 Å². The van der Waals surface area contributed by atoms with E-state index in [0.717, 1.165) is 5.56 Å². The van der Waals surface area contributed by atoms with Crippen molar-refractivity contribution in [2.24, 2.45) is 0 Å². The van der Waals surface area contributed by atoms with Gasteiger partial charge in [0.1, 0.15) is 4.88 Å². The number of hydrogen-bond donors (Lipinski definition) is 2. The highest BCUT2D eigenvalue weighted by Gasteiger charge is 2.16. The van der Waals surface area contributed by atoms with E-state index in [-0.39, 0.29) is 11.9 Å². The fraction of sp³-hybridized carbons (Fsp3) is 0.250. The van der Waals surface area contributed by atoms with E-state index in [0.29, 0.717) is 15.7 Å². The van der Waals surface area contributed by atoms with E-state index in [2.05, 4.69) is 15.3 Å². The molecule has 18 heavy (non-hydrogen) atoms. The zero-order valence-corrected chi connectivity index (χ0v) is 11.0. The largest absolute Gasteiger partial charge is 0.375 e. The van der Waals surface area contributed by atoms with Crippen LogP contribution in [0.1, 0.15) is 33.9 Å². The molecule has 0 aliphatic heterocycles. The number of nitrogens with zero attached hydrogens (tertiary/aromatic N) is 2. The lowest BCUT2D eigenvalue weighted by Crippen LogP contribution is -2.26. The summed E-state index contributed by atoms with van der Waals surface area (Å²) in [5.74, 6) is -0.147. The van der Waals surface area contributed by atoms with Crippen molar-refractivity contribution in [3.8, 4) is 0 Å². The second kappa shape index (κ2) is 5.14. The van der Waals surface area contributed by atoms with Gasteiger partial charge in [0, 0.05) is 12.4 Å². The van der Waals surface area contributed by atoms with Crippen molar-refractivity contribution in [3.05, 3.63) is 40.7 Å². The Morgan fingerprint density at radius 1 is 1.44 bits per heavy atom.